The van der Waals surface area contributed by atoms with Crippen molar-refractivity contribution in [1.29, 1.82) is 0 Å². The Labute approximate surface area is 155 Å². The van der Waals surface area contributed by atoms with Gasteiger partial charge in [0.25, 0.3) is 0 Å². The second-order valence-electron chi connectivity index (χ2n) is 7.28. The Balaban J connectivity index is 0.000000613. The van der Waals surface area contributed by atoms with Gasteiger partial charge >= 0.3 is 6.96 Å². The predicted octanol–water partition coefficient (Wildman–Crippen LogP) is 3.42. The van der Waals surface area contributed by atoms with E-state index in [4.69, 9.17) is 18.6 Å². The highest BCUT2D eigenvalue weighted by Gasteiger charge is 2.52. The first-order valence-electron chi connectivity index (χ1n) is 9.29. The Morgan fingerprint density at radius 1 is 0.692 bits per heavy atom. The highest BCUT2D eigenvalue weighted by atomic mass is 16.9. The molecule has 4 rings (SSSR count). The van der Waals surface area contributed by atoms with Crippen molar-refractivity contribution in [2.75, 3.05) is 14.1 Å². The SMILES string of the molecule is CC(C)c1cccc2c1O[B-]1(O2)Oc2cccc(C(C)C)c2O1.C[NH2+]C. The second-order valence-corrected chi connectivity index (χ2v) is 7.28. The molecular formula is C20H28BNO4. The molecule has 0 aromatic heterocycles. The molecule has 5 nitrogen and oxygen atoms in total. The van der Waals surface area contributed by atoms with E-state index in [0.717, 1.165) is 22.6 Å². The zero-order valence-electron chi connectivity index (χ0n) is 16.4. The summed E-state index contributed by atoms with van der Waals surface area (Å²) in [6, 6.07) is 11.8. The summed E-state index contributed by atoms with van der Waals surface area (Å²) in [4.78, 5) is 0. The maximum Gasteiger partial charge on any atom is 0.777 e. The third kappa shape index (κ3) is 3.21. The van der Waals surface area contributed by atoms with E-state index < -0.39 is 6.96 Å². The van der Waals surface area contributed by atoms with Crippen LogP contribution >= 0.6 is 0 Å². The first-order valence-corrected chi connectivity index (χ1v) is 9.29. The topological polar surface area (TPSA) is 53.5 Å². The van der Waals surface area contributed by atoms with Crippen LogP contribution in [0.3, 0.4) is 0 Å². The van der Waals surface area contributed by atoms with Gasteiger partial charge in [-0.2, -0.15) is 0 Å². The van der Waals surface area contributed by atoms with Crippen molar-refractivity contribution in [3.63, 3.8) is 0 Å². The quantitative estimate of drug-likeness (QED) is 0.837. The van der Waals surface area contributed by atoms with E-state index in [9.17, 15) is 0 Å². The first kappa shape index (κ1) is 18.5. The van der Waals surface area contributed by atoms with E-state index in [1.165, 1.54) is 0 Å². The van der Waals surface area contributed by atoms with Crippen molar-refractivity contribution < 1.29 is 23.9 Å². The van der Waals surface area contributed by atoms with Crippen LogP contribution in [0.4, 0.5) is 0 Å². The van der Waals surface area contributed by atoms with Gasteiger partial charge < -0.3 is 23.9 Å². The minimum Gasteiger partial charge on any atom is -0.609 e. The lowest BCUT2D eigenvalue weighted by molar-refractivity contribution is -0.597. The Morgan fingerprint density at radius 3 is 1.42 bits per heavy atom. The second kappa shape index (κ2) is 7.12. The molecule has 0 atom stereocenters. The Kier molecular flexibility index (Phi) is 5.05. The maximum atomic E-state index is 6.06. The van der Waals surface area contributed by atoms with Gasteiger partial charge in [0.2, 0.25) is 0 Å². The van der Waals surface area contributed by atoms with E-state index in [0.29, 0.717) is 23.3 Å². The fraction of sp³-hybridized carbons (Fsp3) is 0.400. The van der Waals surface area contributed by atoms with Gasteiger partial charge in [0.1, 0.15) is 23.0 Å². The molecule has 2 N–H and O–H groups in total. The third-order valence-corrected chi connectivity index (χ3v) is 4.33. The van der Waals surface area contributed by atoms with Crippen molar-refractivity contribution in [3.05, 3.63) is 47.5 Å². The van der Waals surface area contributed by atoms with Gasteiger partial charge in [-0.3, -0.25) is 0 Å². The predicted molar refractivity (Wildman–Crippen MR) is 103 cm³/mol. The minimum absolute atomic E-state index is 0.328. The largest absolute Gasteiger partial charge is 0.777 e. The van der Waals surface area contributed by atoms with Gasteiger partial charge in [-0.15, -0.1) is 0 Å². The molecule has 2 aliphatic rings. The molecule has 0 unspecified atom stereocenters. The van der Waals surface area contributed by atoms with Gasteiger partial charge in [-0.25, -0.2) is 0 Å². The Hall–Kier alpha value is -2.34. The third-order valence-electron chi connectivity index (χ3n) is 4.33. The summed E-state index contributed by atoms with van der Waals surface area (Å²) in [6.07, 6.45) is 0. The zero-order chi connectivity index (χ0) is 18.9. The average molecular weight is 357 g/mol. The van der Waals surface area contributed by atoms with Gasteiger partial charge in [-0.05, 0) is 35.1 Å². The van der Waals surface area contributed by atoms with Crippen LogP contribution in [-0.2, 0) is 0 Å². The van der Waals surface area contributed by atoms with E-state index in [1.807, 2.05) is 55.8 Å². The molecule has 0 radical (unpaired) electrons. The normalized spacial score (nSPS) is 15.4. The summed E-state index contributed by atoms with van der Waals surface area (Å²) in [5, 5.41) is 2.00. The number of nitrogens with two attached hydrogens (primary N) is 1. The van der Waals surface area contributed by atoms with Crippen molar-refractivity contribution in [1.82, 2.24) is 0 Å². The van der Waals surface area contributed by atoms with Crippen LogP contribution in [0.5, 0.6) is 23.0 Å². The van der Waals surface area contributed by atoms with E-state index >= 15 is 0 Å². The van der Waals surface area contributed by atoms with E-state index in [-0.39, 0.29) is 0 Å². The molecule has 0 amide bonds. The summed E-state index contributed by atoms with van der Waals surface area (Å²) in [5.41, 5.74) is 2.18. The molecule has 2 aromatic rings. The number of rotatable bonds is 2. The maximum absolute atomic E-state index is 6.06. The van der Waals surface area contributed by atoms with Crippen LogP contribution in [0.15, 0.2) is 36.4 Å². The van der Waals surface area contributed by atoms with Crippen LogP contribution in [0.25, 0.3) is 0 Å². The molecule has 1 spiro atoms. The number of benzene rings is 2. The first-order chi connectivity index (χ1) is 12.4. The van der Waals surface area contributed by atoms with Crippen LogP contribution in [0.2, 0.25) is 0 Å². The Morgan fingerprint density at radius 2 is 1.08 bits per heavy atom. The summed E-state index contributed by atoms with van der Waals surface area (Å²) in [6.45, 7) is 6.19. The van der Waals surface area contributed by atoms with E-state index in [2.05, 4.69) is 27.7 Å². The molecule has 0 fully saturated rings. The minimum atomic E-state index is -2.30. The molecule has 6 heteroatoms. The number of hydrogen-bond acceptors (Lipinski definition) is 4. The number of quaternary nitrogens is 1. The number of fused-ring (bicyclic) bond motifs is 2. The standard InChI is InChI=1S/C18H20BO4.C2H7N/c1-11(2)13-7-5-9-15-17(13)22-19(20-15)21-16-10-6-8-14(12(3)4)18(16)23-19;1-3-2/h5-12H,1-4H3;3H,1-2H3/q-1;/p+1. The van der Waals surface area contributed by atoms with Crippen molar-refractivity contribution in [2.45, 2.75) is 39.5 Å². The lowest BCUT2D eigenvalue weighted by Gasteiger charge is -2.28. The van der Waals surface area contributed by atoms with Gasteiger partial charge in [-0.1, -0.05) is 52.0 Å². The van der Waals surface area contributed by atoms with Crippen LogP contribution < -0.4 is 23.9 Å². The average Bonchev–Trinajstić information content (AvgIpc) is 3.12. The highest BCUT2D eigenvalue weighted by Crippen LogP contribution is 2.49. The fourth-order valence-corrected chi connectivity index (χ4v) is 3.16. The van der Waals surface area contributed by atoms with Gasteiger partial charge in [0.05, 0.1) is 14.1 Å². The molecule has 2 heterocycles. The molecule has 0 saturated carbocycles. The number of para-hydroxylation sites is 2. The van der Waals surface area contributed by atoms with E-state index in [1.54, 1.807) is 0 Å². The zero-order valence-corrected chi connectivity index (χ0v) is 16.4. The lowest BCUT2D eigenvalue weighted by atomic mass is 10.0. The lowest BCUT2D eigenvalue weighted by Crippen LogP contribution is -2.74. The molecule has 2 aromatic carbocycles. The summed E-state index contributed by atoms with van der Waals surface area (Å²) >= 11 is 0. The molecule has 140 valence electrons. The van der Waals surface area contributed by atoms with Crippen molar-refractivity contribution in [3.8, 4) is 23.0 Å². The molecule has 0 saturated heterocycles. The fourth-order valence-electron chi connectivity index (χ4n) is 3.16. The molecule has 2 aliphatic heterocycles. The van der Waals surface area contributed by atoms with Gasteiger partial charge in [0, 0.05) is 0 Å². The van der Waals surface area contributed by atoms with Gasteiger partial charge in [0.15, 0.2) is 0 Å². The summed E-state index contributed by atoms with van der Waals surface area (Å²) < 4.78 is 24.0. The molecular weight excluding hydrogens is 329 g/mol. The van der Waals surface area contributed by atoms with Crippen LogP contribution in [0.1, 0.15) is 50.7 Å². The van der Waals surface area contributed by atoms with Crippen molar-refractivity contribution in [2.24, 2.45) is 0 Å². The summed E-state index contributed by atoms with van der Waals surface area (Å²) in [7, 11) is 4.00. The monoisotopic (exact) mass is 357 g/mol. The molecule has 0 aliphatic carbocycles. The molecule has 0 bridgehead atoms. The molecule has 26 heavy (non-hydrogen) atoms. The van der Waals surface area contributed by atoms with Crippen molar-refractivity contribution >= 4 is 6.96 Å². The Bertz CT molecular complexity index is 726. The van der Waals surface area contributed by atoms with Crippen LogP contribution in [-0.4, -0.2) is 21.1 Å². The number of hydrogen-bond donors (Lipinski definition) is 1. The summed E-state index contributed by atoms with van der Waals surface area (Å²) in [5.74, 6) is 3.46. The highest BCUT2D eigenvalue weighted by molar-refractivity contribution is 6.59. The van der Waals surface area contributed by atoms with Crippen LogP contribution in [0, 0.1) is 0 Å². The smallest absolute Gasteiger partial charge is 0.609 e.